The van der Waals surface area contributed by atoms with Gasteiger partial charge in [-0.25, -0.2) is 0 Å². The third-order valence-electron chi connectivity index (χ3n) is 5.68. The lowest BCUT2D eigenvalue weighted by molar-refractivity contribution is -0.154. The summed E-state index contributed by atoms with van der Waals surface area (Å²) in [5.74, 6) is -0.319. The van der Waals surface area contributed by atoms with E-state index in [1.807, 2.05) is 13.8 Å². The highest BCUT2D eigenvalue weighted by molar-refractivity contribution is 5.95. The molecule has 2 rings (SSSR count). The average Bonchev–Trinajstić information content (AvgIpc) is 2.78. The molecule has 0 heterocycles. The number of benzene rings is 1. The van der Waals surface area contributed by atoms with E-state index in [0.29, 0.717) is 30.0 Å². The Balaban J connectivity index is 2.27. The van der Waals surface area contributed by atoms with Crippen LogP contribution in [0.1, 0.15) is 33.6 Å². The summed E-state index contributed by atoms with van der Waals surface area (Å²) in [5, 5.41) is 12.5. The molecule has 2 atom stereocenters. The number of amides is 1. The van der Waals surface area contributed by atoms with Crippen LogP contribution in [-0.2, 0) is 9.59 Å². The lowest BCUT2D eigenvalue weighted by atomic mass is 9.65. The number of carboxylic acid groups (broad SMARTS) is 1. The summed E-state index contributed by atoms with van der Waals surface area (Å²) in [5.41, 5.74) is -1.07. The van der Waals surface area contributed by atoms with E-state index in [9.17, 15) is 14.7 Å². The highest BCUT2D eigenvalue weighted by Gasteiger charge is 2.58. The molecule has 1 saturated carbocycles. The molecule has 6 heteroatoms. The molecule has 0 radical (unpaired) electrons. The van der Waals surface area contributed by atoms with Gasteiger partial charge in [0.05, 0.1) is 25.3 Å². The molecular formula is C18H25NO5. The van der Waals surface area contributed by atoms with Crippen LogP contribution in [0.5, 0.6) is 11.5 Å². The second kappa shape index (κ2) is 6.34. The number of carbonyl (C=O) groups excluding carboxylic acids is 1. The summed E-state index contributed by atoms with van der Waals surface area (Å²) in [7, 11) is 3.07. The Labute approximate surface area is 142 Å². The maximum Gasteiger partial charge on any atom is 0.309 e. The van der Waals surface area contributed by atoms with Gasteiger partial charge >= 0.3 is 5.97 Å². The molecule has 132 valence electrons. The maximum absolute atomic E-state index is 12.8. The Morgan fingerprint density at radius 2 is 1.88 bits per heavy atom. The molecule has 1 aromatic carbocycles. The normalized spacial score (nSPS) is 25.1. The standard InChI is InChI=1S/C18H25NO5/c1-17(2)12(8-9-18(17,3)16(21)22)15(20)19-13-10-11(23-4)6-7-14(13)24-5/h6-7,10,12H,8-9H2,1-5H3,(H,19,20)(H,21,22)/t12-,18-/m1/s1. The predicted molar refractivity (Wildman–Crippen MR) is 90.4 cm³/mol. The van der Waals surface area contributed by atoms with E-state index in [2.05, 4.69) is 5.32 Å². The van der Waals surface area contributed by atoms with E-state index in [1.165, 1.54) is 7.11 Å². The van der Waals surface area contributed by atoms with Crippen molar-refractivity contribution in [1.29, 1.82) is 0 Å². The Morgan fingerprint density at radius 3 is 2.38 bits per heavy atom. The van der Waals surface area contributed by atoms with E-state index >= 15 is 0 Å². The van der Waals surface area contributed by atoms with Crippen molar-refractivity contribution >= 4 is 17.6 Å². The van der Waals surface area contributed by atoms with Gasteiger partial charge in [-0.3, -0.25) is 9.59 Å². The van der Waals surface area contributed by atoms with Crippen molar-refractivity contribution in [3.8, 4) is 11.5 Å². The minimum atomic E-state index is -0.923. The van der Waals surface area contributed by atoms with Crippen LogP contribution in [-0.4, -0.2) is 31.2 Å². The van der Waals surface area contributed by atoms with Gasteiger partial charge in [-0.15, -0.1) is 0 Å². The molecule has 1 aliphatic rings. The molecule has 24 heavy (non-hydrogen) atoms. The SMILES string of the molecule is COc1ccc(OC)c(NC(=O)[C@H]2CC[C@](C)(C(=O)O)C2(C)C)c1. The molecule has 0 aliphatic heterocycles. The summed E-state index contributed by atoms with van der Waals surface area (Å²) in [6.07, 6.45) is 1.01. The monoisotopic (exact) mass is 335 g/mol. The highest BCUT2D eigenvalue weighted by atomic mass is 16.5. The van der Waals surface area contributed by atoms with Crippen LogP contribution < -0.4 is 14.8 Å². The van der Waals surface area contributed by atoms with Crippen LogP contribution >= 0.6 is 0 Å². The second-order valence-corrected chi connectivity index (χ2v) is 7.01. The van der Waals surface area contributed by atoms with Gasteiger partial charge in [-0.05, 0) is 37.3 Å². The third kappa shape index (κ3) is 2.81. The zero-order valence-corrected chi connectivity index (χ0v) is 14.8. The Kier molecular flexibility index (Phi) is 4.78. The van der Waals surface area contributed by atoms with Gasteiger partial charge < -0.3 is 19.9 Å². The van der Waals surface area contributed by atoms with Crippen molar-refractivity contribution in [2.24, 2.45) is 16.7 Å². The van der Waals surface area contributed by atoms with E-state index in [1.54, 1.807) is 32.2 Å². The summed E-state index contributed by atoms with van der Waals surface area (Å²) in [4.78, 5) is 24.5. The smallest absolute Gasteiger partial charge is 0.309 e. The fourth-order valence-corrected chi connectivity index (χ4v) is 3.47. The van der Waals surface area contributed by atoms with Crippen molar-refractivity contribution < 1.29 is 24.2 Å². The van der Waals surface area contributed by atoms with Crippen molar-refractivity contribution in [3.63, 3.8) is 0 Å². The van der Waals surface area contributed by atoms with Crippen molar-refractivity contribution in [1.82, 2.24) is 0 Å². The van der Waals surface area contributed by atoms with Gasteiger partial charge in [-0.2, -0.15) is 0 Å². The molecule has 1 amide bonds. The van der Waals surface area contributed by atoms with E-state index in [0.717, 1.165) is 0 Å². The van der Waals surface area contributed by atoms with Gasteiger partial charge in [0.2, 0.25) is 5.91 Å². The molecule has 0 bridgehead atoms. The molecule has 0 spiro atoms. The summed E-state index contributed by atoms with van der Waals surface area (Å²) in [6.45, 7) is 5.41. The Hall–Kier alpha value is -2.24. The minimum absolute atomic E-state index is 0.198. The van der Waals surface area contributed by atoms with Crippen LogP contribution in [0.15, 0.2) is 18.2 Å². The van der Waals surface area contributed by atoms with Crippen molar-refractivity contribution in [2.75, 3.05) is 19.5 Å². The van der Waals surface area contributed by atoms with Gasteiger partial charge in [0, 0.05) is 12.0 Å². The van der Waals surface area contributed by atoms with Gasteiger partial charge in [0.15, 0.2) is 0 Å². The molecule has 1 fully saturated rings. The van der Waals surface area contributed by atoms with Crippen LogP contribution in [0.4, 0.5) is 5.69 Å². The van der Waals surface area contributed by atoms with Crippen LogP contribution in [0.2, 0.25) is 0 Å². The Bertz CT molecular complexity index is 655. The first-order valence-electron chi connectivity index (χ1n) is 7.93. The predicted octanol–water partition coefficient (Wildman–Crippen LogP) is 3.17. The van der Waals surface area contributed by atoms with Crippen LogP contribution in [0.25, 0.3) is 0 Å². The van der Waals surface area contributed by atoms with Crippen molar-refractivity contribution in [3.05, 3.63) is 18.2 Å². The van der Waals surface area contributed by atoms with Gasteiger partial charge in [-0.1, -0.05) is 13.8 Å². The molecule has 2 N–H and O–H groups in total. The topological polar surface area (TPSA) is 84.9 Å². The number of anilines is 1. The average molecular weight is 335 g/mol. The first-order valence-corrected chi connectivity index (χ1v) is 7.93. The van der Waals surface area contributed by atoms with E-state index in [-0.39, 0.29) is 5.91 Å². The number of carbonyl (C=O) groups is 2. The number of rotatable bonds is 5. The quantitative estimate of drug-likeness (QED) is 0.863. The van der Waals surface area contributed by atoms with Gasteiger partial charge in [0.25, 0.3) is 0 Å². The number of methoxy groups -OCH3 is 2. The largest absolute Gasteiger partial charge is 0.497 e. The number of hydrogen-bond donors (Lipinski definition) is 2. The first-order chi connectivity index (χ1) is 11.2. The fraction of sp³-hybridized carbons (Fsp3) is 0.556. The van der Waals surface area contributed by atoms with E-state index in [4.69, 9.17) is 9.47 Å². The summed E-state index contributed by atoms with van der Waals surface area (Å²) in [6, 6.07) is 5.15. The molecule has 1 aliphatic carbocycles. The zero-order chi connectivity index (χ0) is 18.1. The number of carboxylic acids is 1. The molecule has 0 unspecified atom stereocenters. The van der Waals surface area contributed by atoms with Gasteiger partial charge in [0.1, 0.15) is 11.5 Å². The molecule has 6 nitrogen and oxygen atoms in total. The fourth-order valence-electron chi connectivity index (χ4n) is 3.47. The first kappa shape index (κ1) is 18.1. The molecule has 1 aromatic rings. The number of nitrogens with one attached hydrogen (secondary N) is 1. The molecule has 0 saturated heterocycles. The second-order valence-electron chi connectivity index (χ2n) is 7.01. The number of hydrogen-bond acceptors (Lipinski definition) is 4. The summed E-state index contributed by atoms with van der Waals surface area (Å²) >= 11 is 0. The van der Waals surface area contributed by atoms with Crippen molar-refractivity contribution in [2.45, 2.75) is 33.6 Å². The lowest BCUT2D eigenvalue weighted by Gasteiger charge is -2.37. The number of ether oxygens (including phenoxy) is 2. The zero-order valence-electron chi connectivity index (χ0n) is 14.8. The highest BCUT2D eigenvalue weighted by Crippen LogP contribution is 2.56. The Morgan fingerprint density at radius 1 is 1.21 bits per heavy atom. The maximum atomic E-state index is 12.8. The lowest BCUT2D eigenvalue weighted by Crippen LogP contribution is -2.43. The molecular weight excluding hydrogens is 310 g/mol. The van der Waals surface area contributed by atoms with Crippen LogP contribution in [0, 0.1) is 16.7 Å². The summed E-state index contributed by atoms with van der Waals surface area (Å²) < 4.78 is 10.5. The minimum Gasteiger partial charge on any atom is -0.497 e. The third-order valence-corrected chi connectivity index (χ3v) is 5.68. The molecule has 0 aromatic heterocycles. The van der Waals surface area contributed by atoms with Crippen LogP contribution in [0.3, 0.4) is 0 Å². The van der Waals surface area contributed by atoms with E-state index < -0.39 is 22.7 Å². The number of aliphatic carboxylic acids is 1.